The van der Waals surface area contributed by atoms with E-state index in [2.05, 4.69) is 15.1 Å². The highest BCUT2D eigenvalue weighted by atomic mass is 16.5. The summed E-state index contributed by atoms with van der Waals surface area (Å²) in [6, 6.07) is 10.4. The van der Waals surface area contributed by atoms with Crippen LogP contribution in [0.5, 0.6) is 11.5 Å². The van der Waals surface area contributed by atoms with Crippen LogP contribution in [0.1, 0.15) is 19.9 Å². The summed E-state index contributed by atoms with van der Waals surface area (Å²) in [6.07, 6.45) is 0. The number of rotatable bonds is 5. The Morgan fingerprint density at radius 2 is 1.90 bits per heavy atom. The molecule has 2 aromatic heterocycles. The molecule has 0 saturated carbocycles. The zero-order valence-corrected chi connectivity index (χ0v) is 16.9. The average Bonchev–Trinajstić information content (AvgIpc) is 3.23. The van der Waals surface area contributed by atoms with Crippen molar-refractivity contribution in [2.24, 2.45) is 0 Å². The van der Waals surface area contributed by atoms with Gasteiger partial charge in [0.05, 0.1) is 30.8 Å². The van der Waals surface area contributed by atoms with E-state index in [0.29, 0.717) is 39.5 Å². The molecule has 0 amide bonds. The lowest BCUT2D eigenvalue weighted by Gasteiger charge is -2.13. The van der Waals surface area contributed by atoms with Gasteiger partial charge in [0.1, 0.15) is 0 Å². The molecule has 30 heavy (non-hydrogen) atoms. The Bertz CT molecular complexity index is 1350. The number of para-hydroxylation sites is 1. The molecule has 4 aromatic rings. The van der Waals surface area contributed by atoms with Gasteiger partial charge in [-0.3, -0.25) is 14.2 Å². The van der Waals surface area contributed by atoms with Crippen LogP contribution in [0.3, 0.4) is 0 Å². The second-order valence-corrected chi connectivity index (χ2v) is 6.92. The molecule has 0 unspecified atom stereocenters. The topological polar surface area (TPSA) is 112 Å². The first-order valence-electron chi connectivity index (χ1n) is 9.28. The van der Waals surface area contributed by atoms with Gasteiger partial charge in [0, 0.05) is 11.6 Å². The predicted octanol–water partition coefficient (Wildman–Crippen LogP) is 3.00. The summed E-state index contributed by atoms with van der Waals surface area (Å²) in [6.45, 7) is 3.70. The van der Waals surface area contributed by atoms with Crippen molar-refractivity contribution in [2.75, 3.05) is 14.2 Å². The van der Waals surface area contributed by atoms with E-state index in [1.54, 1.807) is 43.5 Å². The van der Waals surface area contributed by atoms with Crippen LogP contribution < -0.4 is 20.6 Å². The van der Waals surface area contributed by atoms with Crippen molar-refractivity contribution in [1.82, 2.24) is 19.7 Å². The van der Waals surface area contributed by atoms with E-state index >= 15 is 0 Å². The number of benzene rings is 2. The van der Waals surface area contributed by atoms with Gasteiger partial charge in [0.25, 0.3) is 5.89 Å². The third kappa shape index (κ3) is 3.14. The van der Waals surface area contributed by atoms with Crippen LogP contribution in [0, 0.1) is 0 Å². The van der Waals surface area contributed by atoms with Crippen molar-refractivity contribution in [2.45, 2.75) is 19.9 Å². The highest BCUT2D eigenvalue weighted by Gasteiger charge is 2.19. The molecule has 0 fully saturated rings. The molecule has 0 aliphatic carbocycles. The van der Waals surface area contributed by atoms with E-state index in [9.17, 15) is 9.59 Å². The molecule has 2 heterocycles. The molecule has 1 N–H and O–H groups in total. The van der Waals surface area contributed by atoms with Gasteiger partial charge in [-0.2, -0.15) is 4.98 Å². The minimum absolute atomic E-state index is 0.162. The summed E-state index contributed by atoms with van der Waals surface area (Å²) >= 11 is 0. The maximum Gasteiger partial charge on any atom is 0.316 e. The fraction of sp³-hybridized carbons (Fsp3) is 0.238. The normalized spacial score (nSPS) is 11.2. The van der Waals surface area contributed by atoms with Crippen LogP contribution in [0.25, 0.3) is 33.9 Å². The van der Waals surface area contributed by atoms with Crippen LogP contribution >= 0.6 is 0 Å². The third-order valence-electron chi connectivity index (χ3n) is 4.75. The predicted molar refractivity (Wildman–Crippen MR) is 111 cm³/mol. The Morgan fingerprint density at radius 3 is 2.60 bits per heavy atom. The lowest BCUT2D eigenvalue weighted by atomic mass is 10.1. The summed E-state index contributed by atoms with van der Waals surface area (Å²) < 4.78 is 17.6. The maximum atomic E-state index is 12.2. The first-order chi connectivity index (χ1) is 14.4. The Hall–Kier alpha value is -3.88. The maximum absolute atomic E-state index is 12.2. The van der Waals surface area contributed by atoms with Gasteiger partial charge < -0.3 is 19.0 Å². The number of aromatic nitrogens is 4. The lowest BCUT2D eigenvalue weighted by molar-refractivity contribution is 0.353. The molecule has 0 bridgehead atoms. The summed E-state index contributed by atoms with van der Waals surface area (Å²) in [5.41, 5.74) is 1.09. The van der Waals surface area contributed by atoms with Crippen LogP contribution in [0.15, 0.2) is 50.5 Å². The Kier molecular flexibility index (Phi) is 4.86. The first kappa shape index (κ1) is 19.4. The van der Waals surface area contributed by atoms with Crippen molar-refractivity contribution in [3.8, 4) is 34.3 Å². The van der Waals surface area contributed by atoms with E-state index in [1.165, 1.54) is 11.7 Å². The number of hydrogen-bond acceptors (Lipinski definition) is 7. The molecule has 154 valence electrons. The second-order valence-electron chi connectivity index (χ2n) is 6.92. The molecule has 0 aliphatic heterocycles. The molecule has 0 spiro atoms. The van der Waals surface area contributed by atoms with Gasteiger partial charge in [0.2, 0.25) is 5.82 Å². The lowest BCUT2D eigenvalue weighted by Crippen LogP contribution is -2.37. The third-order valence-corrected chi connectivity index (χ3v) is 4.75. The summed E-state index contributed by atoms with van der Waals surface area (Å²) in [5.74, 6) is 1.63. The summed E-state index contributed by atoms with van der Waals surface area (Å²) in [7, 11) is 3.08. The van der Waals surface area contributed by atoms with E-state index in [0.717, 1.165) is 0 Å². The first-order valence-corrected chi connectivity index (χ1v) is 9.28. The Balaban J connectivity index is 1.82. The SMILES string of the molecule is COc1cccc(-c2nc(-c3ccc4c(c3)[nH]c(=O)c(=O)n4C(C)C)no2)c1OC. The largest absolute Gasteiger partial charge is 0.493 e. The zero-order valence-electron chi connectivity index (χ0n) is 16.9. The Morgan fingerprint density at radius 1 is 1.10 bits per heavy atom. The van der Waals surface area contributed by atoms with Crippen LogP contribution in [-0.2, 0) is 0 Å². The fourth-order valence-corrected chi connectivity index (χ4v) is 3.40. The minimum Gasteiger partial charge on any atom is -0.493 e. The number of aromatic amines is 1. The van der Waals surface area contributed by atoms with Crippen molar-refractivity contribution in [3.05, 3.63) is 57.1 Å². The number of H-pyrrole nitrogens is 1. The van der Waals surface area contributed by atoms with Crippen molar-refractivity contribution in [3.63, 3.8) is 0 Å². The summed E-state index contributed by atoms with van der Waals surface area (Å²) in [5, 5.41) is 4.06. The van der Waals surface area contributed by atoms with Gasteiger partial charge in [-0.25, -0.2) is 0 Å². The summed E-state index contributed by atoms with van der Waals surface area (Å²) in [4.78, 5) is 31.4. The molecular weight excluding hydrogens is 388 g/mol. The van der Waals surface area contributed by atoms with E-state index in [1.807, 2.05) is 13.8 Å². The number of ether oxygens (including phenoxy) is 2. The van der Waals surface area contributed by atoms with Gasteiger partial charge in [-0.05, 0) is 44.2 Å². The molecule has 0 saturated heterocycles. The number of nitrogens with one attached hydrogen (secondary N) is 1. The standard InChI is InChI=1S/C21H20N4O5/c1-11(2)25-15-9-8-12(10-14(15)22-19(26)21(25)27)18-23-20(30-24-18)13-6-5-7-16(28-3)17(13)29-4/h5-11H,1-4H3,(H,22,26). The smallest absolute Gasteiger partial charge is 0.316 e. The molecule has 2 aromatic carbocycles. The molecule has 0 aliphatic rings. The molecule has 0 atom stereocenters. The van der Waals surface area contributed by atoms with Gasteiger partial charge in [0.15, 0.2) is 11.5 Å². The van der Waals surface area contributed by atoms with Gasteiger partial charge in [-0.15, -0.1) is 0 Å². The molecule has 4 rings (SSSR count). The van der Waals surface area contributed by atoms with Crippen molar-refractivity contribution < 1.29 is 14.0 Å². The number of nitrogens with zero attached hydrogens (tertiary/aromatic N) is 3. The molecule has 9 nitrogen and oxygen atoms in total. The van der Waals surface area contributed by atoms with Crippen LogP contribution in [0.4, 0.5) is 0 Å². The van der Waals surface area contributed by atoms with Crippen LogP contribution in [0.2, 0.25) is 0 Å². The average molecular weight is 408 g/mol. The van der Waals surface area contributed by atoms with Gasteiger partial charge >= 0.3 is 11.1 Å². The van der Waals surface area contributed by atoms with Crippen molar-refractivity contribution in [1.29, 1.82) is 0 Å². The van der Waals surface area contributed by atoms with Crippen LogP contribution in [-0.4, -0.2) is 33.9 Å². The molecule has 0 radical (unpaired) electrons. The molecule has 9 heteroatoms. The second kappa shape index (κ2) is 7.51. The number of methoxy groups -OCH3 is 2. The Labute approximate surface area is 170 Å². The number of hydrogen-bond donors (Lipinski definition) is 1. The highest BCUT2D eigenvalue weighted by Crippen LogP contribution is 2.37. The monoisotopic (exact) mass is 408 g/mol. The van der Waals surface area contributed by atoms with Gasteiger partial charge in [-0.1, -0.05) is 11.2 Å². The minimum atomic E-state index is -0.678. The zero-order chi connectivity index (χ0) is 21.4. The van der Waals surface area contributed by atoms with E-state index in [4.69, 9.17) is 14.0 Å². The van der Waals surface area contributed by atoms with E-state index < -0.39 is 11.1 Å². The highest BCUT2D eigenvalue weighted by molar-refractivity contribution is 5.80. The quantitative estimate of drug-likeness (QED) is 0.505. The van der Waals surface area contributed by atoms with E-state index in [-0.39, 0.29) is 11.9 Å². The number of fused-ring (bicyclic) bond motifs is 1. The molecular formula is C21H20N4O5. The van der Waals surface area contributed by atoms with Crippen molar-refractivity contribution >= 4 is 11.0 Å². The fourth-order valence-electron chi connectivity index (χ4n) is 3.40.